The van der Waals surface area contributed by atoms with Gasteiger partial charge in [0.15, 0.2) is 5.82 Å². The number of hydrogen-bond donors (Lipinski definition) is 2. The first-order valence-electron chi connectivity index (χ1n) is 4.83. The number of nitrogens with two attached hydrogens (primary N) is 1. The summed E-state index contributed by atoms with van der Waals surface area (Å²) in [6, 6.07) is 5.79. The molecule has 19 heavy (non-hydrogen) atoms. The molecular weight excluding hydrogens is 299 g/mol. The Balaban J connectivity index is 0.00000180. The second-order valence-electron chi connectivity index (χ2n) is 3.40. The molecule has 0 unspecified atom stereocenters. The monoisotopic (exact) mass is 308 g/mol. The maximum absolute atomic E-state index is 12.0. The third kappa shape index (κ3) is 4.32. The molecule has 0 fully saturated rings. The molecule has 0 spiro atoms. The van der Waals surface area contributed by atoms with Crippen LogP contribution in [-0.4, -0.2) is 18.4 Å². The van der Waals surface area contributed by atoms with Gasteiger partial charge in [0, 0.05) is 5.69 Å². The Hall–Kier alpha value is -0.860. The van der Waals surface area contributed by atoms with Gasteiger partial charge in [-0.15, -0.1) is 0 Å². The smallest absolute Gasteiger partial charge is 1.00 e. The molecule has 1 heterocycles. The fourth-order valence-electron chi connectivity index (χ4n) is 1.23. The van der Waals surface area contributed by atoms with Crippen LogP contribution in [0.4, 0.5) is 11.5 Å². The Labute approximate surface area is 139 Å². The van der Waals surface area contributed by atoms with Crippen molar-refractivity contribution in [3.8, 4) is 0 Å². The van der Waals surface area contributed by atoms with Crippen molar-refractivity contribution in [2.45, 2.75) is 4.90 Å². The van der Waals surface area contributed by atoms with E-state index in [1.54, 1.807) is 0 Å². The molecule has 1 aromatic heterocycles. The van der Waals surface area contributed by atoms with E-state index >= 15 is 0 Å². The van der Waals surface area contributed by atoms with Crippen LogP contribution in [0.3, 0.4) is 0 Å². The maximum atomic E-state index is 12.0. The molecule has 96 valence electrons. The number of halogens is 1. The predicted octanol–water partition coefficient (Wildman–Crippen LogP) is -1.37. The van der Waals surface area contributed by atoms with Gasteiger partial charge in [0.25, 0.3) is 10.0 Å². The van der Waals surface area contributed by atoms with Crippen LogP contribution in [-0.2, 0) is 10.0 Å². The van der Waals surface area contributed by atoms with Crippen molar-refractivity contribution < 1.29 is 39.4 Å². The third-order valence-electron chi connectivity index (χ3n) is 2.03. The van der Waals surface area contributed by atoms with Gasteiger partial charge >= 0.3 is 29.6 Å². The number of nitrogens with one attached hydrogen (secondary N) is 1. The van der Waals surface area contributed by atoms with E-state index in [0.29, 0.717) is 5.69 Å². The number of anilines is 2. The molecule has 0 aliphatic rings. The quantitative estimate of drug-likeness (QED) is 0.538. The Morgan fingerprint density at radius 3 is 2.42 bits per heavy atom. The summed E-state index contributed by atoms with van der Waals surface area (Å²) in [7, 11) is -3.71. The average molecular weight is 309 g/mol. The van der Waals surface area contributed by atoms with Crippen molar-refractivity contribution in [1.29, 1.82) is 0 Å². The largest absolute Gasteiger partial charge is 1.00 e. The summed E-state index contributed by atoms with van der Waals surface area (Å²) < 4.78 is 26.2. The molecule has 0 aliphatic carbocycles. The summed E-state index contributed by atoms with van der Waals surface area (Å²) in [5.41, 5.74) is 5.97. The van der Waals surface area contributed by atoms with E-state index in [2.05, 4.69) is 14.7 Å². The molecule has 1 aromatic carbocycles. The maximum Gasteiger partial charge on any atom is 1.00 e. The summed E-state index contributed by atoms with van der Waals surface area (Å²) >= 11 is 5.62. The number of aromatic nitrogens is 2. The van der Waals surface area contributed by atoms with Gasteiger partial charge in [-0.1, -0.05) is 11.6 Å². The molecule has 2 aromatic rings. The third-order valence-corrected chi connectivity index (χ3v) is 3.59. The number of nitrogen functional groups attached to an aromatic ring is 1. The van der Waals surface area contributed by atoms with Gasteiger partial charge in [-0.2, -0.15) is 0 Å². The number of benzene rings is 1. The van der Waals surface area contributed by atoms with E-state index in [-0.39, 0.29) is 46.9 Å². The summed E-state index contributed by atoms with van der Waals surface area (Å²) in [6.45, 7) is 0. The molecule has 0 saturated heterocycles. The zero-order chi connectivity index (χ0) is 13.2. The Morgan fingerprint density at radius 2 is 1.84 bits per heavy atom. The van der Waals surface area contributed by atoms with Gasteiger partial charge in [0.1, 0.15) is 5.15 Å². The molecular formula is C10H10ClN4NaO2S. The SMILES string of the molecule is Nc1ccc(S(=O)(=O)Nc2cncc(Cl)n2)cc1.[H-].[Na+]. The first-order chi connectivity index (χ1) is 8.47. The second-order valence-corrected chi connectivity index (χ2v) is 5.47. The van der Waals surface area contributed by atoms with Gasteiger partial charge in [-0.3, -0.25) is 9.71 Å². The van der Waals surface area contributed by atoms with Gasteiger partial charge in [0.05, 0.1) is 17.3 Å². The zero-order valence-corrected chi connectivity index (χ0v) is 13.6. The number of rotatable bonds is 3. The minimum absolute atomic E-state index is 0. The van der Waals surface area contributed by atoms with Crippen molar-refractivity contribution in [3.05, 3.63) is 41.8 Å². The molecule has 3 N–H and O–H groups in total. The number of hydrogen-bond acceptors (Lipinski definition) is 5. The van der Waals surface area contributed by atoms with Gasteiger partial charge < -0.3 is 7.16 Å². The summed E-state index contributed by atoms with van der Waals surface area (Å²) in [5, 5.41) is 0.104. The van der Waals surface area contributed by atoms with Gasteiger partial charge in [-0.25, -0.2) is 13.4 Å². The van der Waals surface area contributed by atoms with Crippen molar-refractivity contribution in [3.63, 3.8) is 0 Å². The van der Waals surface area contributed by atoms with Crippen molar-refractivity contribution in [1.82, 2.24) is 9.97 Å². The van der Waals surface area contributed by atoms with Crippen molar-refractivity contribution in [2.24, 2.45) is 0 Å². The van der Waals surface area contributed by atoms with E-state index in [1.807, 2.05) is 0 Å². The van der Waals surface area contributed by atoms with Crippen LogP contribution in [0.2, 0.25) is 5.15 Å². The van der Waals surface area contributed by atoms with E-state index in [1.165, 1.54) is 36.7 Å². The normalized spacial score (nSPS) is 10.6. The Kier molecular flexibility index (Phi) is 5.57. The first kappa shape index (κ1) is 16.2. The fourth-order valence-corrected chi connectivity index (χ4v) is 2.37. The minimum atomic E-state index is -3.71. The van der Waals surface area contributed by atoms with Crippen LogP contribution in [0.1, 0.15) is 1.43 Å². The topological polar surface area (TPSA) is 98.0 Å². The summed E-state index contributed by atoms with van der Waals surface area (Å²) in [6.07, 6.45) is 2.57. The van der Waals surface area contributed by atoms with Gasteiger partial charge in [0.2, 0.25) is 0 Å². The van der Waals surface area contributed by atoms with Crippen LogP contribution in [0.5, 0.6) is 0 Å². The van der Waals surface area contributed by atoms with Crippen LogP contribution < -0.4 is 40.0 Å². The molecule has 2 rings (SSSR count). The summed E-state index contributed by atoms with van der Waals surface area (Å²) in [4.78, 5) is 7.61. The van der Waals surface area contributed by atoms with Crippen molar-refractivity contribution in [2.75, 3.05) is 10.5 Å². The molecule has 9 heteroatoms. The fraction of sp³-hybridized carbons (Fsp3) is 0. The molecule has 6 nitrogen and oxygen atoms in total. The van der Waals surface area contributed by atoms with Gasteiger partial charge in [-0.05, 0) is 24.3 Å². The second kappa shape index (κ2) is 6.53. The predicted molar refractivity (Wildman–Crippen MR) is 69.8 cm³/mol. The van der Waals surface area contributed by atoms with Crippen LogP contribution in [0.25, 0.3) is 0 Å². The van der Waals surface area contributed by atoms with Crippen LogP contribution in [0, 0.1) is 0 Å². The molecule has 0 atom stereocenters. The van der Waals surface area contributed by atoms with E-state index < -0.39 is 10.0 Å². The Morgan fingerprint density at radius 1 is 1.21 bits per heavy atom. The average Bonchev–Trinajstić information content (AvgIpc) is 2.29. The molecule has 0 bridgehead atoms. The first-order valence-corrected chi connectivity index (χ1v) is 6.69. The van der Waals surface area contributed by atoms with Crippen LogP contribution in [0.15, 0.2) is 41.6 Å². The van der Waals surface area contributed by atoms with E-state index in [9.17, 15) is 8.42 Å². The van der Waals surface area contributed by atoms with E-state index in [0.717, 1.165) is 0 Å². The number of nitrogens with zero attached hydrogens (tertiary/aromatic N) is 2. The van der Waals surface area contributed by atoms with Crippen LogP contribution >= 0.6 is 11.6 Å². The summed E-state index contributed by atoms with van der Waals surface area (Å²) in [5.74, 6) is 0.0549. The molecule has 0 saturated carbocycles. The molecule has 0 radical (unpaired) electrons. The Bertz CT molecular complexity index is 669. The molecule has 0 amide bonds. The standard InChI is InChI=1S/C10H9ClN4O2S.Na.H/c11-9-5-13-6-10(14-9)15-18(16,17)8-3-1-7(12)2-4-8;;/h1-6H,12H2,(H,14,15);;/q;+1;-1. The molecule has 0 aliphatic heterocycles. The minimum Gasteiger partial charge on any atom is -1.00 e. The van der Waals surface area contributed by atoms with Crippen molar-refractivity contribution >= 4 is 33.1 Å². The zero-order valence-electron chi connectivity index (χ0n) is 11.0. The van der Waals surface area contributed by atoms with E-state index in [4.69, 9.17) is 17.3 Å². The number of sulfonamides is 1.